The van der Waals surface area contributed by atoms with Gasteiger partial charge in [-0.15, -0.1) is 0 Å². The average Bonchev–Trinajstić information content (AvgIpc) is 3.15. The van der Waals surface area contributed by atoms with Crippen molar-refractivity contribution in [3.05, 3.63) is 176 Å². The van der Waals surface area contributed by atoms with Crippen molar-refractivity contribution < 1.29 is 0 Å². The zero-order valence-electron chi connectivity index (χ0n) is 25.1. The predicted octanol–water partition coefficient (Wildman–Crippen LogP) is 11.0. The second kappa shape index (κ2) is 12.1. The van der Waals surface area contributed by atoms with Crippen LogP contribution in [0.15, 0.2) is 176 Å². The van der Waals surface area contributed by atoms with Crippen molar-refractivity contribution in [1.82, 2.24) is 15.0 Å². The number of aromatic nitrogens is 3. The van der Waals surface area contributed by atoms with Crippen LogP contribution < -0.4 is 0 Å². The Bertz CT molecular complexity index is 2300. The summed E-state index contributed by atoms with van der Waals surface area (Å²) in [5, 5.41) is 2.42. The average molecular weight is 588 g/mol. The van der Waals surface area contributed by atoms with E-state index >= 15 is 0 Å². The van der Waals surface area contributed by atoms with Crippen LogP contribution in [0, 0.1) is 0 Å². The Balaban J connectivity index is 1.22. The minimum Gasteiger partial charge on any atom is -0.208 e. The molecule has 0 bridgehead atoms. The molecule has 0 aliphatic rings. The van der Waals surface area contributed by atoms with Gasteiger partial charge in [-0.05, 0) is 62.4 Å². The number of nitrogens with zero attached hydrogens (tertiary/aromatic N) is 3. The molecule has 0 aliphatic heterocycles. The minimum atomic E-state index is 0.641. The van der Waals surface area contributed by atoms with Crippen LogP contribution in [-0.2, 0) is 0 Å². The Morgan fingerprint density at radius 2 is 0.674 bits per heavy atom. The summed E-state index contributed by atoms with van der Waals surface area (Å²) in [5.74, 6) is 1.93. The van der Waals surface area contributed by atoms with Gasteiger partial charge in [0, 0.05) is 16.7 Å². The molecule has 0 fully saturated rings. The molecule has 216 valence electrons. The lowest BCUT2D eigenvalue weighted by Gasteiger charge is -2.12. The monoisotopic (exact) mass is 587 g/mol. The van der Waals surface area contributed by atoms with E-state index in [2.05, 4.69) is 133 Å². The highest BCUT2D eigenvalue weighted by Crippen LogP contribution is 2.34. The van der Waals surface area contributed by atoms with Crippen LogP contribution in [0.2, 0.25) is 0 Å². The second-order valence-electron chi connectivity index (χ2n) is 11.3. The molecule has 0 aliphatic carbocycles. The van der Waals surface area contributed by atoms with Crippen molar-refractivity contribution in [2.45, 2.75) is 0 Å². The molecule has 7 aromatic carbocycles. The number of hydrogen-bond acceptors (Lipinski definition) is 3. The second-order valence-corrected chi connectivity index (χ2v) is 11.3. The van der Waals surface area contributed by atoms with E-state index in [0.29, 0.717) is 17.5 Å². The molecule has 3 heteroatoms. The molecule has 8 aromatic rings. The number of benzene rings is 7. The molecule has 0 saturated carbocycles. The lowest BCUT2D eigenvalue weighted by atomic mass is 9.97. The fraction of sp³-hybridized carbons (Fsp3) is 0. The van der Waals surface area contributed by atoms with Crippen molar-refractivity contribution >= 4 is 10.8 Å². The maximum absolute atomic E-state index is 5.09. The highest BCUT2D eigenvalue weighted by Gasteiger charge is 2.16. The molecule has 0 radical (unpaired) electrons. The third-order valence-electron chi connectivity index (χ3n) is 8.32. The summed E-state index contributed by atoms with van der Waals surface area (Å²) >= 11 is 0. The zero-order valence-corrected chi connectivity index (χ0v) is 25.1. The first kappa shape index (κ1) is 27.4. The highest BCUT2D eigenvalue weighted by molar-refractivity contribution is 5.91. The maximum atomic E-state index is 5.09. The van der Waals surface area contributed by atoms with Crippen molar-refractivity contribution in [3.63, 3.8) is 0 Å². The zero-order chi connectivity index (χ0) is 30.7. The van der Waals surface area contributed by atoms with Crippen LogP contribution in [-0.4, -0.2) is 15.0 Å². The lowest BCUT2D eigenvalue weighted by molar-refractivity contribution is 1.07. The van der Waals surface area contributed by atoms with E-state index in [0.717, 1.165) is 38.9 Å². The molecule has 0 amide bonds. The smallest absolute Gasteiger partial charge is 0.164 e. The van der Waals surface area contributed by atoms with Crippen LogP contribution in [0.5, 0.6) is 0 Å². The van der Waals surface area contributed by atoms with Gasteiger partial charge in [-0.25, -0.2) is 15.0 Å². The summed E-state index contributed by atoms with van der Waals surface area (Å²) in [6.45, 7) is 0. The first-order valence-corrected chi connectivity index (χ1v) is 15.4. The van der Waals surface area contributed by atoms with E-state index in [4.69, 9.17) is 15.0 Å². The van der Waals surface area contributed by atoms with Crippen molar-refractivity contribution in [2.75, 3.05) is 0 Å². The molecule has 0 spiro atoms. The largest absolute Gasteiger partial charge is 0.208 e. The Labute approximate surface area is 268 Å². The van der Waals surface area contributed by atoms with Gasteiger partial charge in [0.15, 0.2) is 17.5 Å². The van der Waals surface area contributed by atoms with Crippen LogP contribution in [0.4, 0.5) is 0 Å². The van der Waals surface area contributed by atoms with E-state index < -0.39 is 0 Å². The first-order chi connectivity index (χ1) is 22.8. The quantitative estimate of drug-likeness (QED) is 0.194. The molecule has 3 nitrogen and oxygen atoms in total. The fourth-order valence-electron chi connectivity index (χ4n) is 5.96. The Morgan fingerprint density at radius 3 is 1.33 bits per heavy atom. The third kappa shape index (κ3) is 5.47. The summed E-state index contributed by atoms with van der Waals surface area (Å²) in [6.07, 6.45) is 0. The topological polar surface area (TPSA) is 38.7 Å². The van der Waals surface area contributed by atoms with E-state index in [1.54, 1.807) is 0 Å². The fourth-order valence-corrected chi connectivity index (χ4v) is 5.96. The van der Waals surface area contributed by atoms with Gasteiger partial charge in [0.2, 0.25) is 0 Å². The van der Waals surface area contributed by atoms with E-state index in [1.807, 2.05) is 42.5 Å². The Kier molecular flexibility index (Phi) is 7.18. The van der Waals surface area contributed by atoms with Gasteiger partial charge in [0.05, 0.1) is 0 Å². The van der Waals surface area contributed by atoms with E-state index in [-0.39, 0.29) is 0 Å². The molecule has 0 unspecified atom stereocenters. The summed E-state index contributed by atoms with van der Waals surface area (Å²) in [7, 11) is 0. The van der Waals surface area contributed by atoms with Gasteiger partial charge in [0.25, 0.3) is 0 Å². The molecule has 1 aromatic heterocycles. The number of rotatable bonds is 6. The lowest BCUT2D eigenvalue weighted by Crippen LogP contribution is -2.01. The molecule has 0 atom stereocenters. The highest BCUT2D eigenvalue weighted by atomic mass is 15.0. The van der Waals surface area contributed by atoms with Crippen LogP contribution >= 0.6 is 0 Å². The molecule has 0 N–H and O–H groups in total. The Morgan fingerprint density at radius 1 is 0.239 bits per heavy atom. The molecule has 0 saturated heterocycles. The summed E-state index contributed by atoms with van der Waals surface area (Å²) in [5.41, 5.74) is 9.76. The van der Waals surface area contributed by atoms with E-state index in [9.17, 15) is 0 Å². The van der Waals surface area contributed by atoms with Crippen molar-refractivity contribution in [2.24, 2.45) is 0 Å². The summed E-state index contributed by atoms with van der Waals surface area (Å²) in [4.78, 5) is 15.1. The minimum absolute atomic E-state index is 0.641. The van der Waals surface area contributed by atoms with Crippen LogP contribution in [0.1, 0.15) is 0 Å². The van der Waals surface area contributed by atoms with Gasteiger partial charge >= 0.3 is 0 Å². The third-order valence-corrected chi connectivity index (χ3v) is 8.32. The molecule has 1 heterocycles. The van der Waals surface area contributed by atoms with E-state index in [1.165, 1.54) is 21.9 Å². The normalized spacial score (nSPS) is 11.0. The van der Waals surface area contributed by atoms with Crippen molar-refractivity contribution in [1.29, 1.82) is 0 Å². The molecular weight excluding hydrogens is 558 g/mol. The first-order valence-electron chi connectivity index (χ1n) is 15.4. The predicted molar refractivity (Wildman–Crippen MR) is 190 cm³/mol. The van der Waals surface area contributed by atoms with Gasteiger partial charge in [-0.2, -0.15) is 0 Å². The molecule has 8 rings (SSSR count). The van der Waals surface area contributed by atoms with Gasteiger partial charge < -0.3 is 0 Å². The maximum Gasteiger partial charge on any atom is 0.164 e. The van der Waals surface area contributed by atoms with Crippen LogP contribution in [0.3, 0.4) is 0 Å². The van der Waals surface area contributed by atoms with Gasteiger partial charge in [-0.1, -0.05) is 158 Å². The van der Waals surface area contributed by atoms with Crippen LogP contribution in [0.25, 0.3) is 78.3 Å². The summed E-state index contributed by atoms with van der Waals surface area (Å²) < 4.78 is 0. The molecular formula is C43H29N3. The van der Waals surface area contributed by atoms with Gasteiger partial charge in [0.1, 0.15) is 0 Å². The standard InChI is InChI=1S/C43H29N3/c1-4-13-30(14-5-1)34-23-24-37-28-35(25-26-36(37)27-34)33-19-12-20-38(29-33)42-44-41(32-17-8-3-9-18-32)45-43(46-42)40-22-11-10-21-39(40)31-15-6-2-7-16-31/h1-29H. The molecule has 46 heavy (non-hydrogen) atoms. The SMILES string of the molecule is c1ccc(-c2ccc3cc(-c4cccc(-c5nc(-c6ccccc6)nc(-c6ccccc6-c6ccccc6)n5)c4)ccc3c2)cc1. The Hall–Kier alpha value is -6.19. The van der Waals surface area contributed by atoms with Crippen molar-refractivity contribution in [3.8, 4) is 67.5 Å². The number of fused-ring (bicyclic) bond motifs is 1. The number of hydrogen-bond donors (Lipinski definition) is 0. The summed E-state index contributed by atoms with van der Waals surface area (Å²) in [6, 6.07) is 61.1. The van der Waals surface area contributed by atoms with Gasteiger partial charge in [-0.3, -0.25) is 0 Å².